The largest absolute Gasteiger partial charge is 0.496 e. The first-order chi connectivity index (χ1) is 17.5. The zero-order valence-electron chi connectivity index (χ0n) is 20.7. The average Bonchev–Trinajstić information content (AvgIpc) is 3.48. The van der Waals surface area contributed by atoms with Crippen LogP contribution in [0, 0.1) is 0 Å². The highest BCUT2D eigenvalue weighted by molar-refractivity contribution is 7.07. The molecule has 0 saturated carbocycles. The minimum atomic E-state index is -0.723. The molecule has 188 valence electrons. The maximum atomic E-state index is 13.8. The summed E-state index contributed by atoms with van der Waals surface area (Å²) >= 11 is 1.27. The molecule has 36 heavy (non-hydrogen) atoms. The van der Waals surface area contributed by atoms with Crippen LogP contribution in [0.4, 0.5) is 5.88 Å². The van der Waals surface area contributed by atoms with Crippen LogP contribution in [0.3, 0.4) is 0 Å². The molecule has 8 nitrogen and oxygen atoms in total. The number of nitrogens with zero attached hydrogens (tertiary/aromatic N) is 3. The van der Waals surface area contributed by atoms with Crippen LogP contribution in [0.15, 0.2) is 61.9 Å². The summed E-state index contributed by atoms with van der Waals surface area (Å²) in [6, 6.07) is 10.5. The van der Waals surface area contributed by atoms with Gasteiger partial charge in [-0.05, 0) is 45.2 Å². The van der Waals surface area contributed by atoms with Crippen molar-refractivity contribution in [3.05, 3.63) is 78.7 Å². The van der Waals surface area contributed by atoms with E-state index in [1.807, 2.05) is 36.4 Å². The van der Waals surface area contributed by atoms with Gasteiger partial charge in [-0.2, -0.15) is 0 Å². The highest BCUT2D eigenvalue weighted by atomic mass is 32.1. The van der Waals surface area contributed by atoms with Crippen LogP contribution in [-0.2, 0) is 9.53 Å². The standard InChI is InChI=1S/C27H29N3O5S/c1-4-34-26(32)23-17(2)28-27-30(24(23)19-10-6-7-11-20(19)33-3)25(31)21(36-27)16-18-12-13-22(35-18)29-14-8-5-9-15-29/h6-7,10-13,16,24H,4-5,8-9,14-15H2,1-3H3/b21-16+/t24-/m1/s1. The molecule has 0 N–H and O–H groups in total. The van der Waals surface area contributed by atoms with E-state index in [9.17, 15) is 9.59 Å². The van der Waals surface area contributed by atoms with Crippen molar-refractivity contribution in [1.82, 2.24) is 4.57 Å². The molecule has 0 spiro atoms. The Kier molecular flexibility index (Phi) is 6.82. The molecular formula is C27H29N3O5S. The van der Waals surface area contributed by atoms with Crippen LogP contribution in [0.5, 0.6) is 5.75 Å². The molecule has 1 fully saturated rings. The minimum absolute atomic E-state index is 0.219. The van der Waals surface area contributed by atoms with Crippen molar-refractivity contribution in [2.75, 3.05) is 31.7 Å². The molecular weight excluding hydrogens is 478 g/mol. The number of esters is 1. The maximum absolute atomic E-state index is 13.8. The van der Waals surface area contributed by atoms with Crippen LogP contribution >= 0.6 is 11.3 Å². The monoisotopic (exact) mass is 507 g/mol. The summed E-state index contributed by atoms with van der Waals surface area (Å²) < 4.78 is 19.1. The average molecular weight is 508 g/mol. The number of fused-ring (bicyclic) bond motifs is 1. The normalized spacial score (nSPS) is 18.1. The second-order valence-corrected chi connectivity index (χ2v) is 9.78. The van der Waals surface area contributed by atoms with E-state index >= 15 is 0 Å². The number of carbonyl (C=O) groups excluding carboxylic acids is 1. The Morgan fingerprint density at radius 2 is 1.97 bits per heavy atom. The summed E-state index contributed by atoms with van der Waals surface area (Å²) in [6.07, 6.45) is 5.30. The van der Waals surface area contributed by atoms with Crippen LogP contribution in [0.2, 0.25) is 0 Å². The molecule has 1 saturated heterocycles. The van der Waals surface area contributed by atoms with Gasteiger partial charge < -0.3 is 18.8 Å². The Hall–Kier alpha value is -3.59. The number of piperidine rings is 1. The van der Waals surface area contributed by atoms with Crippen LogP contribution in [0.1, 0.15) is 50.5 Å². The van der Waals surface area contributed by atoms with Crippen molar-refractivity contribution < 1.29 is 18.7 Å². The van der Waals surface area contributed by atoms with Gasteiger partial charge in [0.2, 0.25) is 0 Å². The number of aromatic nitrogens is 1. The number of methoxy groups -OCH3 is 1. The van der Waals surface area contributed by atoms with Gasteiger partial charge in [-0.1, -0.05) is 29.5 Å². The SMILES string of the molecule is CCOC(=O)C1=C(C)N=c2s/c(=C/c3ccc(N4CCCCC4)o3)c(=O)n2[C@@H]1c1ccccc1OC. The fourth-order valence-corrected chi connectivity index (χ4v) is 5.84. The third kappa shape index (κ3) is 4.39. The fraction of sp³-hybridized carbons (Fsp3) is 0.370. The lowest BCUT2D eigenvalue weighted by atomic mass is 9.95. The van der Waals surface area contributed by atoms with Gasteiger partial charge in [0.25, 0.3) is 5.56 Å². The van der Waals surface area contributed by atoms with Crippen molar-refractivity contribution in [2.24, 2.45) is 4.99 Å². The van der Waals surface area contributed by atoms with E-state index < -0.39 is 12.0 Å². The second kappa shape index (κ2) is 10.2. The van der Waals surface area contributed by atoms with E-state index in [1.165, 1.54) is 17.8 Å². The minimum Gasteiger partial charge on any atom is -0.496 e. The lowest BCUT2D eigenvalue weighted by Gasteiger charge is -2.25. The van der Waals surface area contributed by atoms with Gasteiger partial charge in [-0.15, -0.1) is 0 Å². The molecule has 4 heterocycles. The quantitative estimate of drug-likeness (QED) is 0.476. The fourth-order valence-electron chi connectivity index (χ4n) is 4.81. The summed E-state index contributed by atoms with van der Waals surface area (Å²) in [5, 5.41) is 0. The number of para-hydroxylation sites is 1. The smallest absolute Gasteiger partial charge is 0.338 e. The second-order valence-electron chi connectivity index (χ2n) is 8.77. The van der Waals surface area contributed by atoms with Gasteiger partial charge in [0, 0.05) is 30.8 Å². The molecule has 2 aromatic heterocycles. The van der Waals surface area contributed by atoms with E-state index in [0.717, 1.165) is 31.8 Å². The number of anilines is 1. The van der Waals surface area contributed by atoms with Crippen LogP contribution in [-0.4, -0.2) is 37.3 Å². The number of thiazole rings is 1. The highest BCUT2D eigenvalue weighted by Gasteiger charge is 2.35. The molecule has 9 heteroatoms. The van der Waals surface area contributed by atoms with Crippen molar-refractivity contribution >= 4 is 29.3 Å². The van der Waals surface area contributed by atoms with E-state index in [-0.39, 0.29) is 12.2 Å². The van der Waals surface area contributed by atoms with Gasteiger partial charge in [0.1, 0.15) is 17.6 Å². The van der Waals surface area contributed by atoms with E-state index in [0.29, 0.717) is 37.7 Å². The Morgan fingerprint density at radius 1 is 1.19 bits per heavy atom. The zero-order chi connectivity index (χ0) is 25.2. The number of hydrogen-bond acceptors (Lipinski definition) is 8. The number of benzene rings is 1. The van der Waals surface area contributed by atoms with Crippen molar-refractivity contribution in [3.63, 3.8) is 0 Å². The predicted molar refractivity (Wildman–Crippen MR) is 138 cm³/mol. The first-order valence-corrected chi connectivity index (χ1v) is 13.0. The zero-order valence-corrected chi connectivity index (χ0v) is 21.5. The summed E-state index contributed by atoms with van der Waals surface area (Å²) in [6.45, 7) is 5.69. The lowest BCUT2D eigenvalue weighted by Crippen LogP contribution is -2.40. The van der Waals surface area contributed by atoms with Crippen LogP contribution < -0.4 is 24.5 Å². The molecule has 5 rings (SSSR count). The summed E-state index contributed by atoms with van der Waals surface area (Å²) in [4.78, 5) is 34.2. The summed E-state index contributed by atoms with van der Waals surface area (Å²) in [7, 11) is 1.57. The Bertz CT molecular complexity index is 1490. The molecule has 0 bridgehead atoms. The lowest BCUT2D eigenvalue weighted by molar-refractivity contribution is -0.139. The van der Waals surface area contributed by atoms with Crippen molar-refractivity contribution in [1.29, 1.82) is 0 Å². The third-order valence-electron chi connectivity index (χ3n) is 6.50. The molecule has 0 radical (unpaired) electrons. The number of allylic oxidation sites excluding steroid dienone is 1. The molecule has 0 aliphatic carbocycles. The number of furan rings is 1. The van der Waals surface area contributed by atoms with Crippen LogP contribution in [0.25, 0.3) is 6.08 Å². The molecule has 3 aromatic rings. The first-order valence-electron chi connectivity index (χ1n) is 12.2. The number of rotatable bonds is 6. The third-order valence-corrected chi connectivity index (χ3v) is 7.49. The Balaban J connectivity index is 1.63. The molecule has 1 aromatic carbocycles. The van der Waals surface area contributed by atoms with Gasteiger partial charge in [-0.25, -0.2) is 9.79 Å². The van der Waals surface area contributed by atoms with Gasteiger partial charge in [-0.3, -0.25) is 9.36 Å². The Morgan fingerprint density at radius 3 is 2.72 bits per heavy atom. The summed E-state index contributed by atoms with van der Waals surface area (Å²) in [5.41, 5.74) is 1.28. The molecule has 2 aliphatic rings. The van der Waals surface area contributed by atoms with E-state index in [4.69, 9.17) is 13.9 Å². The van der Waals surface area contributed by atoms with Gasteiger partial charge >= 0.3 is 5.97 Å². The molecule has 0 unspecified atom stereocenters. The highest BCUT2D eigenvalue weighted by Crippen LogP contribution is 2.35. The Labute approximate surface area is 212 Å². The first kappa shape index (κ1) is 24.1. The molecule has 2 aliphatic heterocycles. The number of carbonyl (C=O) groups is 1. The van der Waals surface area contributed by atoms with Crippen molar-refractivity contribution in [3.8, 4) is 5.75 Å². The topological polar surface area (TPSA) is 86.3 Å². The molecule has 0 amide bonds. The maximum Gasteiger partial charge on any atom is 0.338 e. The van der Waals surface area contributed by atoms with Crippen molar-refractivity contribution in [2.45, 2.75) is 39.2 Å². The van der Waals surface area contributed by atoms with Gasteiger partial charge in [0.05, 0.1) is 29.5 Å². The predicted octanol–water partition coefficient (Wildman–Crippen LogP) is 3.39. The molecule has 1 atom stereocenters. The number of hydrogen-bond donors (Lipinski definition) is 0. The van der Waals surface area contributed by atoms with E-state index in [2.05, 4.69) is 9.89 Å². The van der Waals surface area contributed by atoms with Gasteiger partial charge in [0.15, 0.2) is 10.7 Å². The summed E-state index contributed by atoms with van der Waals surface area (Å²) in [5.74, 6) is 1.50. The van der Waals surface area contributed by atoms with E-state index in [1.54, 1.807) is 31.6 Å². The number of ether oxygens (including phenoxy) is 2.